The average molecular weight is 869 g/mol. The highest BCUT2D eigenvalue weighted by Crippen LogP contribution is 2.16. The van der Waals surface area contributed by atoms with E-state index in [1.54, 1.807) is 0 Å². The van der Waals surface area contributed by atoms with Crippen LogP contribution in [0.25, 0.3) is 0 Å². The minimum Gasteiger partial charge on any atom is -0.462 e. The normalized spacial score (nSPS) is 12.4. The summed E-state index contributed by atoms with van der Waals surface area (Å²) in [6.45, 7) is 6.52. The number of ether oxygens (including phenoxy) is 3. The van der Waals surface area contributed by atoms with Gasteiger partial charge in [0.1, 0.15) is 13.2 Å². The summed E-state index contributed by atoms with van der Waals surface area (Å²) >= 11 is 0. The molecule has 0 saturated carbocycles. The van der Waals surface area contributed by atoms with Gasteiger partial charge in [0.05, 0.1) is 0 Å². The van der Waals surface area contributed by atoms with Crippen molar-refractivity contribution in [3.8, 4) is 0 Å². The Morgan fingerprint density at radius 3 is 0.984 bits per heavy atom. The van der Waals surface area contributed by atoms with Gasteiger partial charge in [-0.25, -0.2) is 0 Å². The highest BCUT2D eigenvalue weighted by molar-refractivity contribution is 5.71. The van der Waals surface area contributed by atoms with E-state index in [-0.39, 0.29) is 31.1 Å². The van der Waals surface area contributed by atoms with Crippen molar-refractivity contribution < 1.29 is 28.6 Å². The quantitative estimate of drug-likeness (QED) is 0.0262. The van der Waals surface area contributed by atoms with Gasteiger partial charge in [0, 0.05) is 19.3 Å². The number of carbonyl (C=O) groups excluding carboxylic acids is 3. The summed E-state index contributed by atoms with van der Waals surface area (Å²) in [5, 5.41) is 0. The molecule has 360 valence electrons. The van der Waals surface area contributed by atoms with Crippen LogP contribution in [0.1, 0.15) is 271 Å². The van der Waals surface area contributed by atoms with E-state index in [0.29, 0.717) is 19.3 Å². The first kappa shape index (κ1) is 59.4. The van der Waals surface area contributed by atoms with Crippen LogP contribution in [-0.2, 0) is 28.6 Å². The molecule has 0 aromatic heterocycles. The molecule has 62 heavy (non-hydrogen) atoms. The number of allylic oxidation sites excluding steroid dienone is 8. The summed E-state index contributed by atoms with van der Waals surface area (Å²) in [6.07, 6.45) is 60.9. The highest BCUT2D eigenvalue weighted by atomic mass is 16.6. The molecule has 1 atom stereocenters. The van der Waals surface area contributed by atoms with Crippen LogP contribution in [0, 0.1) is 0 Å². The molecule has 0 spiro atoms. The Morgan fingerprint density at radius 2 is 0.629 bits per heavy atom. The lowest BCUT2D eigenvalue weighted by molar-refractivity contribution is -0.167. The van der Waals surface area contributed by atoms with E-state index in [1.807, 2.05) is 0 Å². The fourth-order valence-electron chi connectivity index (χ4n) is 7.61. The van der Waals surface area contributed by atoms with Crippen LogP contribution >= 0.6 is 0 Å². The smallest absolute Gasteiger partial charge is 0.306 e. The topological polar surface area (TPSA) is 78.9 Å². The number of rotatable bonds is 48. The Morgan fingerprint density at radius 1 is 0.339 bits per heavy atom. The monoisotopic (exact) mass is 869 g/mol. The molecule has 6 nitrogen and oxygen atoms in total. The highest BCUT2D eigenvalue weighted by Gasteiger charge is 2.19. The molecule has 0 aliphatic rings. The van der Waals surface area contributed by atoms with Crippen molar-refractivity contribution in [1.82, 2.24) is 0 Å². The number of carbonyl (C=O) groups is 3. The first-order valence-corrected chi connectivity index (χ1v) is 26.6. The molecular weight excluding hydrogens is 769 g/mol. The Hall–Kier alpha value is -2.63. The lowest BCUT2D eigenvalue weighted by Crippen LogP contribution is -2.30. The van der Waals surface area contributed by atoms with Crippen LogP contribution in [-0.4, -0.2) is 37.2 Å². The first-order chi connectivity index (χ1) is 30.5. The van der Waals surface area contributed by atoms with Gasteiger partial charge in [0.2, 0.25) is 0 Å². The molecule has 0 aromatic rings. The zero-order valence-electron chi connectivity index (χ0n) is 41.1. The molecule has 0 rings (SSSR count). The molecule has 0 amide bonds. The number of hydrogen-bond acceptors (Lipinski definition) is 6. The van der Waals surface area contributed by atoms with Crippen molar-refractivity contribution in [2.45, 2.75) is 277 Å². The summed E-state index contributed by atoms with van der Waals surface area (Å²) < 4.78 is 16.8. The Labute approximate surface area is 384 Å². The first-order valence-electron chi connectivity index (χ1n) is 26.6. The van der Waals surface area contributed by atoms with E-state index in [9.17, 15) is 14.4 Å². The molecule has 0 aliphatic carbocycles. The second-order valence-corrected chi connectivity index (χ2v) is 17.8. The van der Waals surface area contributed by atoms with Crippen molar-refractivity contribution in [1.29, 1.82) is 0 Å². The number of unbranched alkanes of at least 4 members (excludes halogenated alkanes) is 29. The Balaban J connectivity index is 4.38. The largest absolute Gasteiger partial charge is 0.462 e. The van der Waals surface area contributed by atoms with Gasteiger partial charge in [-0.05, 0) is 57.8 Å². The predicted molar refractivity (Wildman–Crippen MR) is 265 cm³/mol. The molecule has 6 heteroatoms. The minimum absolute atomic E-state index is 0.0771. The Kier molecular flexibility index (Phi) is 48.8. The van der Waals surface area contributed by atoms with E-state index in [4.69, 9.17) is 14.2 Å². The van der Waals surface area contributed by atoms with E-state index in [1.165, 1.54) is 135 Å². The van der Waals surface area contributed by atoms with Crippen LogP contribution in [0.5, 0.6) is 0 Å². The second-order valence-electron chi connectivity index (χ2n) is 17.8. The van der Waals surface area contributed by atoms with E-state index in [0.717, 1.165) is 96.3 Å². The molecule has 0 bridgehead atoms. The van der Waals surface area contributed by atoms with Gasteiger partial charge in [-0.1, -0.05) is 243 Å². The van der Waals surface area contributed by atoms with Crippen LogP contribution in [0.4, 0.5) is 0 Å². The second kappa shape index (κ2) is 51.0. The van der Waals surface area contributed by atoms with E-state index >= 15 is 0 Å². The molecule has 0 fully saturated rings. The molecule has 0 aliphatic heterocycles. The zero-order valence-corrected chi connectivity index (χ0v) is 41.1. The Bertz CT molecular complexity index is 1090. The minimum atomic E-state index is -0.778. The summed E-state index contributed by atoms with van der Waals surface area (Å²) in [5.74, 6) is -0.890. The SMILES string of the molecule is CC/C=C\C/C=C\C/C=C\C/C=C\CCCCCCC(=O)OCC(COC(=O)CCCCCCCCCCCCCC)OC(=O)CCCCCCCCCCCCCCCCC. The zero-order chi connectivity index (χ0) is 45.1. The molecule has 0 N–H and O–H groups in total. The standard InChI is InChI=1S/C56H100O6/c1-4-7-10-13-16-19-22-25-27-28-30-31-34-37-40-43-46-49-55(58)61-52-53(51-60-54(57)48-45-42-39-36-33-24-21-18-15-12-9-6-3)62-56(59)50-47-44-41-38-35-32-29-26-23-20-17-14-11-8-5-2/h7,10,16,19,25,27,30-31,53H,4-6,8-9,11-15,17-18,20-24,26,28-29,32-52H2,1-3H3/b10-7-,19-16-,27-25-,31-30-. The summed E-state index contributed by atoms with van der Waals surface area (Å²) in [6, 6.07) is 0. The lowest BCUT2D eigenvalue weighted by atomic mass is 10.0. The van der Waals surface area contributed by atoms with E-state index in [2.05, 4.69) is 69.4 Å². The summed E-state index contributed by atoms with van der Waals surface area (Å²) in [5.41, 5.74) is 0. The van der Waals surface area contributed by atoms with Crippen molar-refractivity contribution in [2.24, 2.45) is 0 Å². The maximum absolute atomic E-state index is 12.8. The van der Waals surface area contributed by atoms with Crippen LogP contribution in [0.15, 0.2) is 48.6 Å². The number of hydrogen-bond donors (Lipinski definition) is 0. The third-order valence-corrected chi connectivity index (χ3v) is 11.6. The molecule has 0 radical (unpaired) electrons. The molecular formula is C56H100O6. The maximum atomic E-state index is 12.8. The summed E-state index contributed by atoms with van der Waals surface area (Å²) in [4.78, 5) is 38.0. The van der Waals surface area contributed by atoms with Crippen LogP contribution in [0.3, 0.4) is 0 Å². The predicted octanol–water partition coefficient (Wildman–Crippen LogP) is 17.5. The van der Waals surface area contributed by atoms with Gasteiger partial charge in [-0.3, -0.25) is 14.4 Å². The summed E-state index contributed by atoms with van der Waals surface area (Å²) in [7, 11) is 0. The number of esters is 3. The van der Waals surface area contributed by atoms with Gasteiger partial charge < -0.3 is 14.2 Å². The lowest BCUT2D eigenvalue weighted by Gasteiger charge is -2.18. The molecule has 0 aromatic carbocycles. The third-order valence-electron chi connectivity index (χ3n) is 11.6. The van der Waals surface area contributed by atoms with Gasteiger partial charge in [-0.15, -0.1) is 0 Å². The molecule has 0 saturated heterocycles. The fourth-order valence-corrected chi connectivity index (χ4v) is 7.61. The molecule has 0 heterocycles. The van der Waals surface area contributed by atoms with Crippen molar-refractivity contribution in [2.75, 3.05) is 13.2 Å². The van der Waals surface area contributed by atoms with Crippen molar-refractivity contribution in [3.05, 3.63) is 48.6 Å². The van der Waals surface area contributed by atoms with Crippen molar-refractivity contribution >= 4 is 17.9 Å². The average Bonchev–Trinajstić information content (AvgIpc) is 3.27. The van der Waals surface area contributed by atoms with Gasteiger partial charge >= 0.3 is 17.9 Å². The van der Waals surface area contributed by atoms with Crippen molar-refractivity contribution in [3.63, 3.8) is 0 Å². The molecule has 1 unspecified atom stereocenters. The third kappa shape index (κ3) is 48.4. The van der Waals surface area contributed by atoms with Crippen LogP contribution < -0.4 is 0 Å². The van der Waals surface area contributed by atoms with Gasteiger partial charge in [0.25, 0.3) is 0 Å². The van der Waals surface area contributed by atoms with Crippen LogP contribution in [0.2, 0.25) is 0 Å². The van der Waals surface area contributed by atoms with Gasteiger partial charge in [-0.2, -0.15) is 0 Å². The maximum Gasteiger partial charge on any atom is 0.306 e. The van der Waals surface area contributed by atoms with Gasteiger partial charge in [0.15, 0.2) is 6.10 Å². The fraction of sp³-hybridized carbons (Fsp3) is 0.804. The van der Waals surface area contributed by atoms with E-state index < -0.39 is 6.10 Å².